The standard InChI is InChI=1S/C26H28F2N6O2/c27-20-5-1-17(2-6-20)25(18-3-7-21(28)8-4-18)33-11-9-32(10-12-33)24(35)13-22(29)26(36)34-15-19-14-30-31-23(19)16-34/h1-8,14,22,25H,9-13,15-16,29H2,(H,30,31)/t22-/m0/s1. The number of carbonyl (C=O) groups is 2. The number of hydrogen-bond donors (Lipinski definition) is 2. The quantitative estimate of drug-likeness (QED) is 0.548. The van der Waals surface area contributed by atoms with Crippen molar-refractivity contribution in [3.63, 3.8) is 0 Å². The zero-order valence-corrected chi connectivity index (χ0v) is 19.7. The highest BCUT2D eigenvalue weighted by Crippen LogP contribution is 2.30. The maximum atomic E-state index is 13.6. The van der Waals surface area contributed by atoms with E-state index in [9.17, 15) is 18.4 Å². The molecule has 1 aromatic heterocycles. The number of amides is 2. The van der Waals surface area contributed by atoms with Gasteiger partial charge in [0.1, 0.15) is 11.6 Å². The Balaban J connectivity index is 1.20. The van der Waals surface area contributed by atoms with Crippen molar-refractivity contribution in [3.8, 4) is 0 Å². The van der Waals surface area contributed by atoms with Crippen LogP contribution in [-0.2, 0) is 22.7 Å². The molecule has 0 unspecified atom stereocenters. The Morgan fingerprint density at radius 3 is 2.03 bits per heavy atom. The van der Waals surface area contributed by atoms with E-state index in [1.807, 2.05) is 0 Å². The Bertz CT molecular complexity index is 1160. The van der Waals surface area contributed by atoms with Crippen LogP contribution in [0.1, 0.15) is 34.8 Å². The molecule has 8 nitrogen and oxygen atoms in total. The molecular weight excluding hydrogens is 466 g/mol. The van der Waals surface area contributed by atoms with E-state index in [1.54, 1.807) is 40.3 Å². The van der Waals surface area contributed by atoms with Gasteiger partial charge in [-0.25, -0.2) is 8.78 Å². The number of aromatic amines is 1. The first kappa shape index (κ1) is 24.1. The Kier molecular flexibility index (Phi) is 6.80. The molecular formula is C26H28F2N6O2. The molecule has 1 saturated heterocycles. The monoisotopic (exact) mass is 494 g/mol. The predicted molar refractivity (Wildman–Crippen MR) is 128 cm³/mol. The maximum Gasteiger partial charge on any atom is 0.240 e. The maximum absolute atomic E-state index is 13.6. The third kappa shape index (κ3) is 5.00. The molecule has 1 atom stereocenters. The number of nitrogens with one attached hydrogen (secondary N) is 1. The normalized spacial score (nSPS) is 16.9. The smallest absolute Gasteiger partial charge is 0.240 e. The first-order chi connectivity index (χ1) is 17.4. The van der Waals surface area contributed by atoms with Crippen LogP contribution in [-0.4, -0.2) is 68.9 Å². The van der Waals surface area contributed by atoms with Gasteiger partial charge in [-0.15, -0.1) is 0 Å². The number of carbonyl (C=O) groups excluding carboxylic acids is 2. The molecule has 3 N–H and O–H groups in total. The SMILES string of the molecule is N[C@@H](CC(=O)N1CCN(C(c2ccc(F)cc2)c2ccc(F)cc2)CC1)C(=O)N1Cc2cn[nH]c2C1. The number of halogens is 2. The van der Waals surface area contributed by atoms with Crippen molar-refractivity contribution in [2.75, 3.05) is 26.2 Å². The fourth-order valence-electron chi connectivity index (χ4n) is 4.99. The number of fused-ring (bicyclic) bond motifs is 1. The number of hydrogen-bond acceptors (Lipinski definition) is 5. The van der Waals surface area contributed by atoms with Crippen molar-refractivity contribution in [2.24, 2.45) is 5.73 Å². The van der Waals surface area contributed by atoms with E-state index in [4.69, 9.17) is 5.73 Å². The number of nitrogens with zero attached hydrogens (tertiary/aromatic N) is 4. The second-order valence-corrected chi connectivity index (χ2v) is 9.30. The largest absolute Gasteiger partial charge is 0.340 e. The van der Waals surface area contributed by atoms with E-state index in [0.717, 1.165) is 22.4 Å². The average molecular weight is 495 g/mol. The lowest BCUT2D eigenvalue weighted by Gasteiger charge is -2.40. The summed E-state index contributed by atoms with van der Waals surface area (Å²) in [5.41, 5.74) is 9.77. The van der Waals surface area contributed by atoms with Gasteiger partial charge in [-0.05, 0) is 35.4 Å². The Hall–Kier alpha value is -3.63. The summed E-state index contributed by atoms with van der Waals surface area (Å²) < 4.78 is 27.1. The van der Waals surface area contributed by atoms with Crippen LogP contribution < -0.4 is 5.73 Å². The first-order valence-electron chi connectivity index (χ1n) is 12.0. The van der Waals surface area contributed by atoms with Crippen molar-refractivity contribution >= 4 is 11.8 Å². The number of aromatic nitrogens is 2. The van der Waals surface area contributed by atoms with E-state index < -0.39 is 6.04 Å². The molecule has 0 aliphatic carbocycles. The van der Waals surface area contributed by atoms with E-state index in [2.05, 4.69) is 15.1 Å². The number of H-pyrrole nitrogens is 1. The molecule has 3 aromatic rings. The number of benzene rings is 2. The van der Waals surface area contributed by atoms with Gasteiger partial charge >= 0.3 is 0 Å². The highest BCUT2D eigenvalue weighted by Gasteiger charge is 2.32. The van der Waals surface area contributed by atoms with Crippen LogP contribution in [0.2, 0.25) is 0 Å². The van der Waals surface area contributed by atoms with E-state index in [0.29, 0.717) is 39.3 Å². The Morgan fingerprint density at radius 1 is 0.889 bits per heavy atom. The molecule has 2 aliphatic heterocycles. The van der Waals surface area contributed by atoms with Crippen LogP contribution >= 0.6 is 0 Å². The molecule has 2 aliphatic rings. The fourth-order valence-corrected chi connectivity index (χ4v) is 4.99. The highest BCUT2D eigenvalue weighted by atomic mass is 19.1. The highest BCUT2D eigenvalue weighted by molar-refractivity contribution is 5.88. The minimum Gasteiger partial charge on any atom is -0.340 e. The summed E-state index contributed by atoms with van der Waals surface area (Å²) in [5.74, 6) is -1.05. The van der Waals surface area contributed by atoms with E-state index in [1.165, 1.54) is 24.3 Å². The molecule has 36 heavy (non-hydrogen) atoms. The minimum absolute atomic E-state index is 0.0547. The molecule has 5 rings (SSSR count). The van der Waals surface area contributed by atoms with Gasteiger partial charge < -0.3 is 15.5 Å². The summed E-state index contributed by atoms with van der Waals surface area (Å²) in [6, 6.07) is 11.5. The lowest BCUT2D eigenvalue weighted by atomic mass is 9.96. The van der Waals surface area contributed by atoms with Gasteiger partial charge in [0.25, 0.3) is 0 Å². The molecule has 2 aromatic carbocycles. The summed E-state index contributed by atoms with van der Waals surface area (Å²) in [6.45, 7) is 2.95. The summed E-state index contributed by atoms with van der Waals surface area (Å²) >= 11 is 0. The molecule has 1 fully saturated rings. The zero-order valence-electron chi connectivity index (χ0n) is 19.7. The number of nitrogens with two attached hydrogens (primary N) is 1. The molecule has 3 heterocycles. The Morgan fingerprint density at radius 2 is 1.47 bits per heavy atom. The third-order valence-electron chi connectivity index (χ3n) is 6.94. The van der Waals surface area contributed by atoms with Crippen molar-refractivity contribution < 1.29 is 18.4 Å². The lowest BCUT2D eigenvalue weighted by Crippen LogP contribution is -2.52. The predicted octanol–water partition coefficient (Wildman–Crippen LogP) is 2.18. The molecule has 2 amide bonds. The van der Waals surface area contributed by atoms with Gasteiger partial charge in [0.05, 0.1) is 36.9 Å². The molecule has 10 heteroatoms. The van der Waals surface area contributed by atoms with Gasteiger partial charge in [-0.3, -0.25) is 19.6 Å². The van der Waals surface area contributed by atoms with Crippen LogP contribution in [0.15, 0.2) is 54.7 Å². The van der Waals surface area contributed by atoms with Crippen molar-refractivity contribution in [1.29, 1.82) is 0 Å². The van der Waals surface area contributed by atoms with Crippen LogP contribution in [0.5, 0.6) is 0 Å². The van der Waals surface area contributed by atoms with Crippen LogP contribution in [0.4, 0.5) is 8.78 Å². The second-order valence-electron chi connectivity index (χ2n) is 9.30. The second kappa shape index (κ2) is 10.2. The van der Waals surface area contributed by atoms with Crippen molar-refractivity contribution in [1.82, 2.24) is 24.9 Å². The van der Waals surface area contributed by atoms with E-state index in [-0.39, 0.29) is 35.9 Å². The third-order valence-corrected chi connectivity index (χ3v) is 6.94. The van der Waals surface area contributed by atoms with Crippen molar-refractivity contribution in [2.45, 2.75) is 31.6 Å². The van der Waals surface area contributed by atoms with Crippen LogP contribution in [0, 0.1) is 11.6 Å². The van der Waals surface area contributed by atoms with Crippen LogP contribution in [0.3, 0.4) is 0 Å². The molecule has 0 saturated carbocycles. The average Bonchev–Trinajstić information content (AvgIpc) is 3.49. The van der Waals surface area contributed by atoms with E-state index >= 15 is 0 Å². The molecule has 0 bridgehead atoms. The van der Waals surface area contributed by atoms with Gasteiger partial charge in [0, 0.05) is 38.3 Å². The minimum atomic E-state index is -0.904. The topological polar surface area (TPSA) is 98.6 Å². The summed E-state index contributed by atoms with van der Waals surface area (Å²) in [4.78, 5) is 31.3. The van der Waals surface area contributed by atoms with Gasteiger partial charge in [0.15, 0.2) is 0 Å². The van der Waals surface area contributed by atoms with Crippen molar-refractivity contribution in [3.05, 3.63) is 88.7 Å². The summed E-state index contributed by atoms with van der Waals surface area (Å²) in [6.07, 6.45) is 1.64. The fraction of sp³-hybridized carbons (Fsp3) is 0.346. The summed E-state index contributed by atoms with van der Waals surface area (Å²) in [5, 5.41) is 6.84. The van der Waals surface area contributed by atoms with Gasteiger partial charge in [-0.1, -0.05) is 24.3 Å². The van der Waals surface area contributed by atoms with Gasteiger partial charge in [-0.2, -0.15) is 5.10 Å². The molecule has 188 valence electrons. The lowest BCUT2D eigenvalue weighted by molar-refractivity contribution is -0.139. The number of rotatable bonds is 6. The van der Waals surface area contributed by atoms with Gasteiger partial charge in [0.2, 0.25) is 11.8 Å². The zero-order chi connectivity index (χ0) is 25.2. The first-order valence-corrected chi connectivity index (χ1v) is 12.0. The summed E-state index contributed by atoms with van der Waals surface area (Å²) in [7, 11) is 0. The molecule has 0 radical (unpaired) electrons. The molecule has 0 spiro atoms. The Labute approximate surface area is 207 Å². The van der Waals surface area contributed by atoms with Crippen LogP contribution in [0.25, 0.3) is 0 Å². The number of piperazine rings is 1.